The van der Waals surface area contributed by atoms with Crippen LogP contribution >= 0.6 is 11.6 Å². The molecule has 228 valence electrons. The maximum atomic E-state index is 14.1. The number of methoxy groups -OCH3 is 1. The van der Waals surface area contributed by atoms with Crippen LogP contribution < -0.4 is 9.75 Å². The summed E-state index contributed by atoms with van der Waals surface area (Å²) in [6.07, 6.45) is -1.58. The van der Waals surface area contributed by atoms with Crippen LogP contribution in [0.5, 0.6) is 11.5 Å². The van der Waals surface area contributed by atoms with Gasteiger partial charge in [0.15, 0.2) is 28.9 Å². The number of anilines is 1. The number of aromatic nitrogens is 1. The average Bonchev–Trinajstić information content (AvgIpc) is 3.23. The lowest BCUT2D eigenvalue weighted by molar-refractivity contribution is -0.141. The molecule has 1 aliphatic heterocycles. The number of hydrazine groups is 1. The SMILES string of the molecule is COc1cc([C@H]2C3=CC[C@@H]4C(=O)N(N(C)c5nc(C(F)(F)F)ccc5Cl)C(=O)[C@@H]4[C@@H]3CC3=C2C(=O)C=C(C)C3=O)ccc1O. The summed E-state index contributed by atoms with van der Waals surface area (Å²) in [5.41, 5.74) is 0.710. The Morgan fingerprint density at radius 3 is 2.50 bits per heavy atom. The maximum absolute atomic E-state index is 14.1. The number of Topliss-reactive ketones (excluding diaryl/α,β-unsaturated/α-hetero) is 1. The summed E-state index contributed by atoms with van der Waals surface area (Å²) < 4.78 is 45.6. The van der Waals surface area contributed by atoms with Gasteiger partial charge in [0.2, 0.25) is 0 Å². The van der Waals surface area contributed by atoms with Gasteiger partial charge in [0.1, 0.15) is 5.69 Å². The minimum Gasteiger partial charge on any atom is -0.504 e. The monoisotopic (exact) mass is 627 g/mol. The molecule has 1 aromatic carbocycles. The minimum atomic E-state index is -4.79. The number of hydrogen-bond donors (Lipinski definition) is 1. The fourth-order valence-corrected chi connectivity index (χ4v) is 7.05. The van der Waals surface area contributed by atoms with Crippen molar-refractivity contribution in [2.24, 2.45) is 17.8 Å². The molecule has 2 aromatic rings. The summed E-state index contributed by atoms with van der Waals surface area (Å²) in [6.45, 7) is 1.53. The Morgan fingerprint density at radius 1 is 1.09 bits per heavy atom. The molecular weight excluding hydrogens is 603 g/mol. The number of carbonyl (C=O) groups excluding carboxylic acids is 4. The number of rotatable bonds is 4. The summed E-state index contributed by atoms with van der Waals surface area (Å²) in [6, 6.07) is 6.27. The van der Waals surface area contributed by atoms with Crippen molar-refractivity contribution in [1.29, 1.82) is 0 Å². The fraction of sp³-hybridized carbons (Fsp3) is 0.323. The molecule has 1 N–H and O–H groups in total. The number of hydrogen-bond acceptors (Lipinski definition) is 8. The second-order valence-corrected chi connectivity index (χ2v) is 11.6. The number of phenols is 1. The van der Waals surface area contributed by atoms with Crippen molar-refractivity contribution in [1.82, 2.24) is 9.99 Å². The molecule has 2 heterocycles. The Balaban J connectivity index is 1.44. The van der Waals surface area contributed by atoms with E-state index in [-0.39, 0.29) is 57.6 Å². The van der Waals surface area contributed by atoms with E-state index in [0.29, 0.717) is 17.2 Å². The summed E-state index contributed by atoms with van der Waals surface area (Å²) in [5, 5.41) is 11.7. The van der Waals surface area contributed by atoms with Gasteiger partial charge < -0.3 is 9.84 Å². The van der Waals surface area contributed by atoms with Gasteiger partial charge in [-0.1, -0.05) is 29.3 Å². The van der Waals surface area contributed by atoms with Crippen LogP contribution in [0.15, 0.2) is 64.8 Å². The van der Waals surface area contributed by atoms with Crippen LogP contribution in [0, 0.1) is 17.8 Å². The number of aromatic hydroxyl groups is 1. The highest BCUT2D eigenvalue weighted by atomic mass is 35.5. The molecule has 2 amide bonds. The first kappa shape index (κ1) is 29.6. The molecule has 0 saturated carbocycles. The van der Waals surface area contributed by atoms with Crippen molar-refractivity contribution < 1.29 is 42.2 Å². The van der Waals surface area contributed by atoms with Gasteiger partial charge in [-0.25, -0.2) is 4.98 Å². The third kappa shape index (κ3) is 4.42. The zero-order valence-electron chi connectivity index (χ0n) is 23.6. The average molecular weight is 628 g/mol. The number of halogens is 4. The first-order valence-corrected chi connectivity index (χ1v) is 14.0. The highest BCUT2D eigenvalue weighted by Crippen LogP contribution is 2.55. The van der Waals surface area contributed by atoms with Crippen LogP contribution in [0.4, 0.5) is 19.0 Å². The van der Waals surface area contributed by atoms with Crippen LogP contribution in [0.2, 0.25) is 5.02 Å². The first-order valence-electron chi connectivity index (χ1n) is 13.7. The molecule has 6 rings (SSSR count). The van der Waals surface area contributed by atoms with Gasteiger partial charge in [0.05, 0.1) is 24.0 Å². The van der Waals surface area contributed by atoms with Gasteiger partial charge in [-0.05, 0) is 61.6 Å². The van der Waals surface area contributed by atoms with Crippen molar-refractivity contribution in [2.75, 3.05) is 19.2 Å². The molecule has 1 aromatic heterocycles. The Kier molecular flexibility index (Phi) is 6.95. The first-order chi connectivity index (χ1) is 20.7. The number of carbonyl (C=O) groups is 4. The summed E-state index contributed by atoms with van der Waals surface area (Å²) in [7, 11) is 2.61. The zero-order valence-corrected chi connectivity index (χ0v) is 24.4. The van der Waals surface area contributed by atoms with E-state index in [1.807, 2.05) is 0 Å². The van der Waals surface area contributed by atoms with Crippen LogP contribution in [0.25, 0.3) is 0 Å². The van der Waals surface area contributed by atoms with Crippen molar-refractivity contribution in [3.8, 4) is 11.5 Å². The van der Waals surface area contributed by atoms with E-state index in [1.165, 1.54) is 33.2 Å². The van der Waals surface area contributed by atoms with Gasteiger partial charge >= 0.3 is 6.18 Å². The Morgan fingerprint density at radius 2 is 1.82 bits per heavy atom. The van der Waals surface area contributed by atoms with Gasteiger partial charge in [0.25, 0.3) is 11.8 Å². The van der Waals surface area contributed by atoms with E-state index < -0.39 is 53.2 Å². The molecule has 0 radical (unpaired) electrons. The molecule has 4 atom stereocenters. The Hall–Kier alpha value is -4.45. The molecule has 13 heteroatoms. The summed E-state index contributed by atoms with van der Waals surface area (Å²) in [4.78, 5) is 58.2. The number of pyridine rings is 1. The van der Waals surface area contributed by atoms with Crippen molar-refractivity contribution in [3.63, 3.8) is 0 Å². The zero-order chi connectivity index (χ0) is 31.8. The normalized spacial score (nSPS) is 24.9. The molecule has 1 saturated heterocycles. The Labute approximate surface area is 254 Å². The molecule has 44 heavy (non-hydrogen) atoms. The number of alkyl halides is 3. The molecule has 1 fully saturated rings. The lowest BCUT2D eigenvalue weighted by Crippen LogP contribution is -2.46. The minimum absolute atomic E-state index is 0.0168. The van der Waals surface area contributed by atoms with Crippen LogP contribution in [0.1, 0.15) is 36.9 Å². The fourth-order valence-electron chi connectivity index (χ4n) is 6.83. The number of nitrogens with zero attached hydrogens (tertiary/aromatic N) is 3. The quantitative estimate of drug-likeness (QED) is 0.288. The van der Waals surface area contributed by atoms with E-state index in [9.17, 15) is 37.5 Å². The van der Waals surface area contributed by atoms with Crippen molar-refractivity contribution in [2.45, 2.75) is 31.9 Å². The number of ether oxygens (including phenoxy) is 1. The number of imide groups is 1. The number of amides is 2. The second-order valence-electron chi connectivity index (χ2n) is 11.2. The number of phenolic OH excluding ortho intramolecular Hbond substituents is 1. The highest BCUT2D eigenvalue weighted by Gasteiger charge is 2.57. The lowest BCUT2D eigenvalue weighted by Gasteiger charge is -2.42. The number of ketones is 2. The van der Waals surface area contributed by atoms with Crippen LogP contribution in [-0.4, -0.2) is 52.6 Å². The van der Waals surface area contributed by atoms with E-state index in [0.717, 1.165) is 16.1 Å². The third-order valence-electron chi connectivity index (χ3n) is 8.80. The molecule has 9 nitrogen and oxygen atoms in total. The smallest absolute Gasteiger partial charge is 0.433 e. The summed E-state index contributed by atoms with van der Waals surface area (Å²) >= 11 is 6.18. The maximum Gasteiger partial charge on any atom is 0.433 e. The predicted octanol–water partition coefficient (Wildman–Crippen LogP) is 4.95. The molecule has 0 spiro atoms. The Bertz CT molecular complexity index is 1760. The highest BCUT2D eigenvalue weighted by molar-refractivity contribution is 6.33. The lowest BCUT2D eigenvalue weighted by atomic mass is 9.59. The van der Waals surface area contributed by atoms with E-state index in [2.05, 4.69) is 4.98 Å². The predicted molar refractivity (Wildman–Crippen MR) is 150 cm³/mol. The van der Waals surface area contributed by atoms with E-state index in [4.69, 9.17) is 16.3 Å². The van der Waals surface area contributed by atoms with Gasteiger partial charge in [-0.3, -0.25) is 24.2 Å². The third-order valence-corrected chi connectivity index (χ3v) is 9.10. The second kappa shape index (κ2) is 10.3. The summed E-state index contributed by atoms with van der Waals surface area (Å²) in [5.74, 6) is -5.72. The molecule has 3 aliphatic carbocycles. The number of allylic oxidation sites excluding steroid dienone is 6. The standard InChI is InChI=1S/C31H25ClF3N3O6/c1-13-10-21(40)26-18(27(13)41)12-17-15(24(26)14-4-8-20(39)22(11-14)44-3)5-6-16-25(17)30(43)38(29(16)42)37(2)28-19(32)7-9-23(36-28)31(33,34)35/h4-5,7-11,16-17,24-25,39H,6,12H2,1-3H3/t16-,17+,24-,25-/m0/s1. The van der Waals surface area contributed by atoms with E-state index >= 15 is 0 Å². The van der Waals surface area contributed by atoms with Crippen LogP contribution in [-0.2, 0) is 25.4 Å². The number of benzene rings is 1. The van der Waals surface area contributed by atoms with Gasteiger partial charge in [0, 0.05) is 29.7 Å². The van der Waals surface area contributed by atoms with E-state index in [1.54, 1.807) is 18.2 Å². The largest absolute Gasteiger partial charge is 0.504 e. The topological polar surface area (TPSA) is 117 Å². The van der Waals surface area contributed by atoms with Gasteiger partial charge in [-0.2, -0.15) is 18.2 Å². The molecule has 0 unspecified atom stereocenters. The number of fused-ring (bicyclic) bond motifs is 3. The molecule has 0 bridgehead atoms. The molecule has 4 aliphatic rings. The van der Waals surface area contributed by atoms with Crippen LogP contribution in [0.3, 0.4) is 0 Å². The van der Waals surface area contributed by atoms with Crippen molar-refractivity contribution >= 4 is 40.8 Å². The molecular formula is C31H25ClF3N3O6. The van der Waals surface area contributed by atoms with Crippen molar-refractivity contribution in [3.05, 3.63) is 81.1 Å². The van der Waals surface area contributed by atoms with Gasteiger partial charge in [-0.15, -0.1) is 0 Å².